The van der Waals surface area contributed by atoms with E-state index in [1.165, 1.54) is 10.8 Å². The van der Waals surface area contributed by atoms with Gasteiger partial charge in [0.05, 0.1) is 23.3 Å². The molecule has 1 fully saturated rings. The minimum absolute atomic E-state index is 0.103. The molecule has 3 aromatic rings. The highest BCUT2D eigenvalue weighted by atomic mass is 32.1. The van der Waals surface area contributed by atoms with E-state index in [1.54, 1.807) is 0 Å². The predicted molar refractivity (Wildman–Crippen MR) is 89.2 cm³/mol. The van der Waals surface area contributed by atoms with Crippen LogP contribution in [-0.2, 0) is 0 Å². The fraction of sp³-hybridized carbons (Fsp3) is 0.267. The molecule has 3 aromatic heterocycles. The van der Waals surface area contributed by atoms with Crippen molar-refractivity contribution in [3.8, 4) is 5.82 Å². The Morgan fingerprint density at radius 1 is 1.32 bits per heavy atom. The van der Waals surface area contributed by atoms with Gasteiger partial charge < -0.3 is 10.0 Å². The van der Waals surface area contributed by atoms with E-state index in [9.17, 15) is 19.1 Å². The first-order valence-electron chi connectivity index (χ1n) is 7.58. The molecule has 25 heavy (non-hydrogen) atoms. The number of carboxylic acid groups (broad SMARTS) is 1. The lowest BCUT2D eigenvalue weighted by Gasteiger charge is -2.18. The second kappa shape index (κ2) is 5.88. The lowest BCUT2D eigenvalue weighted by Crippen LogP contribution is -2.23. The molecule has 1 N–H and O–H groups in total. The zero-order chi connectivity index (χ0) is 17.6. The molecule has 128 valence electrons. The van der Waals surface area contributed by atoms with Crippen LogP contribution >= 0.6 is 11.7 Å². The van der Waals surface area contributed by atoms with Crippen molar-refractivity contribution in [2.45, 2.75) is 12.8 Å². The van der Waals surface area contributed by atoms with Crippen LogP contribution in [0, 0.1) is 5.82 Å². The van der Waals surface area contributed by atoms with Gasteiger partial charge in [0.2, 0.25) is 5.43 Å². The third kappa shape index (κ3) is 2.54. The van der Waals surface area contributed by atoms with Crippen molar-refractivity contribution in [1.82, 2.24) is 18.3 Å². The molecule has 1 aliphatic heterocycles. The summed E-state index contributed by atoms with van der Waals surface area (Å²) in [4.78, 5) is 30.0. The molecule has 0 saturated carbocycles. The van der Waals surface area contributed by atoms with Crippen LogP contribution in [0.4, 0.5) is 10.2 Å². The first kappa shape index (κ1) is 15.6. The summed E-state index contributed by atoms with van der Waals surface area (Å²) in [6, 6.07) is 1.06. The van der Waals surface area contributed by atoms with Gasteiger partial charge in [-0.15, -0.1) is 0 Å². The summed E-state index contributed by atoms with van der Waals surface area (Å²) in [5.74, 6) is -1.56. The van der Waals surface area contributed by atoms with Crippen LogP contribution in [0.2, 0.25) is 0 Å². The van der Waals surface area contributed by atoms with Crippen LogP contribution in [0.1, 0.15) is 23.2 Å². The van der Waals surface area contributed by atoms with E-state index in [2.05, 4.69) is 13.7 Å². The van der Waals surface area contributed by atoms with E-state index in [0.717, 1.165) is 36.8 Å². The van der Waals surface area contributed by atoms with E-state index in [-0.39, 0.29) is 16.9 Å². The second-order valence-electron chi connectivity index (χ2n) is 5.67. The third-order valence-corrected chi connectivity index (χ3v) is 4.61. The maximum absolute atomic E-state index is 14.5. The molecule has 0 aliphatic carbocycles. The number of fused-ring (bicyclic) bond motifs is 1. The highest BCUT2D eigenvalue weighted by Gasteiger charge is 2.23. The summed E-state index contributed by atoms with van der Waals surface area (Å²) in [6.07, 6.45) is 4.48. The Labute approximate surface area is 144 Å². The number of carboxylic acids is 1. The van der Waals surface area contributed by atoms with E-state index in [0.29, 0.717) is 18.9 Å². The predicted octanol–water partition coefficient (Wildman–Crippen LogP) is 1.67. The van der Waals surface area contributed by atoms with Gasteiger partial charge in [0.25, 0.3) is 0 Å². The summed E-state index contributed by atoms with van der Waals surface area (Å²) >= 11 is 0.935. The van der Waals surface area contributed by atoms with Gasteiger partial charge in [-0.1, -0.05) is 0 Å². The number of carbonyl (C=O) groups is 1. The first-order chi connectivity index (χ1) is 12.1. The number of hydrogen-bond acceptors (Lipinski definition) is 7. The maximum Gasteiger partial charge on any atom is 0.341 e. The fourth-order valence-corrected chi connectivity index (χ4v) is 3.37. The summed E-state index contributed by atoms with van der Waals surface area (Å²) < 4.78 is 23.9. The maximum atomic E-state index is 14.5. The molecule has 1 aliphatic rings. The number of aromatic carboxylic acids is 1. The molecule has 0 spiro atoms. The zero-order valence-electron chi connectivity index (χ0n) is 12.8. The zero-order valence-corrected chi connectivity index (χ0v) is 13.7. The Morgan fingerprint density at radius 2 is 2.08 bits per heavy atom. The molecule has 0 aromatic carbocycles. The van der Waals surface area contributed by atoms with Gasteiger partial charge in [0.1, 0.15) is 5.56 Å². The van der Waals surface area contributed by atoms with Gasteiger partial charge in [-0.3, -0.25) is 9.36 Å². The van der Waals surface area contributed by atoms with Crippen LogP contribution in [0.25, 0.3) is 16.9 Å². The fourth-order valence-electron chi connectivity index (χ4n) is 2.96. The van der Waals surface area contributed by atoms with Crippen LogP contribution in [0.3, 0.4) is 0 Å². The number of pyridine rings is 2. The number of aromatic nitrogens is 4. The lowest BCUT2D eigenvalue weighted by atomic mass is 10.2. The smallest absolute Gasteiger partial charge is 0.341 e. The quantitative estimate of drug-likeness (QED) is 0.757. The average molecular weight is 361 g/mol. The van der Waals surface area contributed by atoms with Gasteiger partial charge in [-0.2, -0.15) is 8.75 Å². The van der Waals surface area contributed by atoms with E-state index in [4.69, 9.17) is 0 Å². The molecule has 4 heterocycles. The monoisotopic (exact) mass is 361 g/mol. The molecular formula is C15H12FN5O3S. The largest absolute Gasteiger partial charge is 0.477 e. The SMILES string of the molecule is O=C(O)c1cn(-c2cnsn2)c2nc(N3CCCC3)c(F)cc2c1=O. The number of hydrogen-bond donors (Lipinski definition) is 1. The van der Waals surface area contributed by atoms with Gasteiger partial charge >= 0.3 is 5.97 Å². The van der Waals surface area contributed by atoms with Crippen LogP contribution < -0.4 is 10.3 Å². The Balaban J connectivity index is 2.06. The molecule has 0 amide bonds. The highest BCUT2D eigenvalue weighted by molar-refractivity contribution is 6.99. The minimum atomic E-state index is -1.40. The summed E-state index contributed by atoms with van der Waals surface area (Å²) in [7, 11) is 0. The molecule has 0 bridgehead atoms. The molecule has 1 saturated heterocycles. The van der Waals surface area contributed by atoms with E-state index >= 15 is 0 Å². The number of anilines is 1. The van der Waals surface area contributed by atoms with Crippen molar-refractivity contribution in [2.75, 3.05) is 18.0 Å². The van der Waals surface area contributed by atoms with Gasteiger partial charge in [-0.05, 0) is 18.9 Å². The number of rotatable bonds is 3. The lowest BCUT2D eigenvalue weighted by molar-refractivity contribution is 0.0695. The van der Waals surface area contributed by atoms with E-state index < -0.39 is 22.8 Å². The average Bonchev–Trinajstić information content (AvgIpc) is 3.28. The third-order valence-electron chi connectivity index (χ3n) is 4.15. The molecule has 0 atom stereocenters. The van der Waals surface area contributed by atoms with Gasteiger partial charge in [-0.25, -0.2) is 14.2 Å². The molecule has 0 unspecified atom stereocenters. The van der Waals surface area contributed by atoms with Gasteiger partial charge in [0.15, 0.2) is 23.1 Å². The standard InChI is InChI=1S/C15H12FN5O3S/c16-10-5-8-12(22)9(15(23)24)7-21(11-6-17-25-19-11)13(8)18-14(10)20-3-1-2-4-20/h5-7H,1-4H2,(H,23,24). The molecule has 4 rings (SSSR count). The van der Waals surface area contributed by atoms with E-state index in [1.807, 2.05) is 4.90 Å². The molecule has 0 radical (unpaired) electrons. The second-order valence-corrected chi connectivity index (χ2v) is 6.23. The molecule has 10 heteroatoms. The number of halogens is 1. The Kier molecular flexibility index (Phi) is 3.68. The molecular weight excluding hydrogens is 349 g/mol. The highest BCUT2D eigenvalue weighted by Crippen LogP contribution is 2.25. The van der Waals surface area contributed by atoms with Crippen molar-refractivity contribution in [2.24, 2.45) is 0 Å². The Hall–Kier alpha value is -2.88. The van der Waals surface area contributed by atoms with Crippen molar-refractivity contribution in [3.63, 3.8) is 0 Å². The Morgan fingerprint density at radius 3 is 2.72 bits per heavy atom. The van der Waals surface area contributed by atoms with Crippen LogP contribution in [0.5, 0.6) is 0 Å². The summed E-state index contributed by atoms with van der Waals surface area (Å²) in [5, 5.41) is 9.17. The topological polar surface area (TPSA) is 101 Å². The van der Waals surface area contributed by atoms with Crippen LogP contribution in [-0.4, -0.2) is 42.5 Å². The first-order valence-corrected chi connectivity index (χ1v) is 8.31. The normalized spacial score (nSPS) is 14.4. The summed E-state index contributed by atoms with van der Waals surface area (Å²) in [6.45, 7) is 1.37. The van der Waals surface area contributed by atoms with Crippen molar-refractivity contribution < 1.29 is 14.3 Å². The van der Waals surface area contributed by atoms with Crippen molar-refractivity contribution in [3.05, 3.63) is 40.1 Å². The van der Waals surface area contributed by atoms with Crippen molar-refractivity contribution >= 4 is 34.5 Å². The van der Waals surface area contributed by atoms with Gasteiger partial charge in [0, 0.05) is 19.3 Å². The molecule has 8 nitrogen and oxygen atoms in total. The number of nitrogens with zero attached hydrogens (tertiary/aromatic N) is 5. The van der Waals surface area contributed by atoms with Crippen molar-refractivity contribution in [1.29, 1.82) is 0 Å². The minimum Gasteiger partial charge on any atom is -0.477 e. The Bertz CT molecular complexity index is 1030. The van der Waals surface area contributed by atoms with Crippen LogP contribution in [0.15, 0.2) is 23.3 Å². The summed E-state index contributed by atoms with van der Waals surface area (Å²) in [5.41, 5.74) is -1.09.